The van der Waals surface area contributed by atoms with Crippen molar-refractivity contribution in [1.82, 2.24) is 9.97 Å². The summed E-state index contributed by atoms with van der Waals surface area (Å²) in [4.78, 5) is 8.25. The molecule has 3 N–H and O–H groups in total. The Balaban J connectivity index is 2.19. The van der Waals surface area contributed by atoms with Gasteiger partial charge in [-0.1, -0.05) is 18.2 Å². The molecule has 0 aliphatic carbocycles. The quantitative estimate of drug-likeness (QED) is 0.670. The van der Waals surface area contributed by atoms with Gasteiger partial charge in [0.15, 0.2) is 0 Å². The van der Waals surface area contributed by atoms with E-state index in [0.29, 0.717) is 5.88 Å². The van der Waals surface area contributed by atoms with Crippen LogP contribution in [-0.4, -0.2) is 23.6 Å². The number of H-pyrrole nitrogens is 1. The van der Waals surface area contributed by atoms with E-state index in [-0.39, 0.29) is 0 Å². The number of unbranched alkanes of at least 4 members (excludes halogenated alkanes) is 1. The summed E-state index contributed by atoms with van der Waals surface area (Å²) in [5.74, 6) is 0.632. The van der Waals surface area contributed by atoms with Gasteiger partial charge in [-0.05, 0) is 62.4 Å². The van der Waals surface area contributed by atoms with Crippen LogP contribution in [0.4, 0.5) is 0 Å². The maximum Gasteiger partial charge on any atom is 0.213 e. The summed E-state index contributed by atoms with van der Waals surface area (Å²) >= 11 is 0. The van der Waals surface area contributed by atoms with Crippen LogP contribution in [0.2, 0.25) is 0 Å². The van der Waals surface area contributed by atoms with E-state index in [1.165, 1.54) is 27.6 Å². The average Bonchev–Trinajstić information content (AvgIpc) is 2.99. The molecule has 0 saturated carbocycles. The van der Waals surface area contributed by atoms with E-state index in [2.05, 4.69) is 35.9 Å². The molecule has 0 saturated heterocycles. The van der Waals surface area contributed by atoms with E-state index in [1.807, 2.05) is 18.2 Å². The molecule has 1 aromatic carbocycles. The van der Waals surface area contributed by atoms with Gasteiger partial charge < -0.3 is 15.5 Å². The van der Waals surface area contributed by atoms with Gasteiger partial charge in [0, 0.05) is 17.0 Å². The number of rotatable bonds is 6. The molecule has 4 nitrogen and oxygen atoms in total. The van der Waals surface area contributed by atoms with Gasteiger partial charge in [-0.2, -0.15) is 0 Å². The normalized spacial score (nSPS) is 11.2. The van der Waals surface area contributed by atoms with Crippen molar-refractivity contribution in [3.63, 3.8) is 0 Å². The smallest absolute Gasteiger partial charge is 0.213 e. The second kappa shape index (κ2) is 7.05. The van der Waals surface area contributed by atoms with Crippen molar-refractivity contribution in [3.05, 3.63) is 47.0 Å². The highest BCUT2D eigenvalue weighted by Crippen LogP contribution is 2.34. The van der Waals surface area contributed by atoms with Gasteiger partial charge in [0.2, 0.25) is 5.88 Å². The van der Waals surface area contributed by atoms with Gasteiger partial charge >= 0.3 is 0 Å². The van der Waals surface area contributed by atoms with E-state index < -0.39 is 0 Å². The van der Waals surface area contributed by atoms with Crippen LogP contribution in [-0.2, 0) is 6.42 Å². The van der Waals surface area contributed by atoms with E-state index in [4.69, 9.17) is 10.5 Å². The second-order valence-corrected chi connectivity index (χ2v) is 6.24. The van der Waals surface area contributed by atoms with Crippen molar-refractivity contribution in [3.8, 4) is 17.3 Å². The topological polar surface area (TPSA) is 63.9 Å². The van der Waals surface area contributed by atoms with Crippen LogP contribution >= 0.6 is 0 Å². The van der Waals surface area contributed by atoms with E-state index in [1.54, 1.807) is 7.11 Å². The molecule has 2 heterocycles. The van der Waals surface area contributed by atoms with Crippen molar-refractivity contribution in [2.45, 2.75) is 33.1 Å². The van der Waals surface area contributed by atoms with E-state index >= 15 is 0 Å². The Morgan fingerprint density at radius 1 is 1.08 bits per heavy atom. The summed E-state index contributed by atoms with van der Waals surface area (Å²) in [6, 6.07) is 10.2. The standard InChI is InChI=1S/C20H25N3O/c1-13-10-11-14(2)19-18(13)15(7-4-5-12-21)20(23-19)16-8-6-9-17(22-16)24-3/h6,8-11,23H,4-5,7,12,21H2,1-3H3. The minimum atomic E-state index is 0.632. The van der Waals surface area contributed by atoms with Crippen LogP contribution in [0.1, 0.15) is 29.5 Å². The van der Waals surface area contributed by atoms with Crippen LogP contribution in [0.3, 0.4) is 0 Å². The predicted octanol–water partition coefficient (Wildman–Crippen LogP) is 4.14. The van der Waals surface area contributed by atoms with Gasteiger partial charge in [0.05, 0.1) is 18.5 Å². The number of hydrogen-bond acceptors (Lipinski definition) is 3. The van der Waals surface area contributed by atoms with Crippen molar-refractivity contribution in [2.75, 3.05) is 13.7 Å². The largest absolute Gasteiger partial charge is 0.481 e. The first-order valence-electron chi connectivity index (χ1n) is 8.48. The predicted molar refractivity (Wildman–Crippen MR) is 99.5 cm³/mol. The fraction of sp³-hybridized carbons (Fsp3) is 0.350. The first kappa shape index (κ1) is 16.5. The minimum absolute atomic E-state index is 0.632. The molecule has 0 radical (unpaired) electrons. The fourth-order valence-electron chi connectivity index (χ4n) is 3.27. The van der Waals surface area contributed by atoms with Crippen molar-refractivity contribution < 1.29 is 4.74 Å². The number of nitrogens with one attached hydrogen (secondary N) is 1. The number of aryl methyl sites for hydroxylation is 3. The summed E-state index contributed by atoms with van der Waals surface area (Å²) in [5, 5.41) is 1.33. The Morgan fingerprint density at radius 3 is 2.62 bits per heavy atom. The molecule has 2 aromatic heterocycles. The maximum atomic E-state index is 5.69. The number of fused-ring (bicyclic) bond motifs is 1. The highest BCUT2D eigenvalue weighted by atomic mass is 16.5. The Hall–Kier alpha value is -2.33. The molecule has 0 aliphatic heterocycles. The number of nitrogens with two attached hydrogens (primary N) is 1. The third kappa shape index (κ3) is 3.02. The Kier molecular flexibility index (Phi) is 4.86. The lowest BCUT2D eigenvalue weighted by atomic mass is 9.98. The summed E-state index contributed by atoms with van der Waals surface area (Å²) < 4.78 is 5.29. The lowest BCUT2D eigenvalue weighted by Gasteiger charge is -2.07. The Morgan fingerprint density at radius 2 is 1.88 bits per heavy atom. The zero-order valence-corrected chi connectivity index (χ0v) is 14.6. The lowest BCUT2D eigenvalue weighted by molar-refractivity contribution is 0.398. The van der Waals surface area contributed by atoms with Crippen LogP contribution < -0.4 is 10.5 Å². The molecule has 3 rings (SSSR count). The summed E-state index contributed by atoms with van der Waals surface area (Å²) in [7, 11) is 1.65. The highest BCUT2D eigenvalue weighted by molar-refractivity contribution is 5.94. The average molecular weight is 323 g/mol. The number of aromatic nitrogens is 2. The van der Waals surface area contributed by atoms with Crippen LogP contribution in [0.5, 0.6) is 5.88 Å². The van der Waals surface area contributed by atoms with Gasteiger partial charge in [0.1, 0.15) is 0 Å². The van der Waals surface area contributed by atoms with Crippen LogP contribution in [0.15, 0.2) is 30.3 Å². The van der Waals surface area contributed by atoms with Gasteiger partial charge in [-0.15, -0.1) is 0 Å². The Bertz CT molecular complexity index is 851. The van der Waals surface area contributed by atoms with Gasteiger partial charge in [-0.3, -0.25) is 0 Å². The lowest BCUT2D eigenvalue weighted by Crippen LogP contribution is -2.00. The number of nitrogens with zero attached hydrogens (tertiary/aromatic N) is 1. The first-order chi connectivity index (χ1) is 11.7. The third-order valence-corrected chi connectivity index (χ3v) is 4.55. The summed E-state index contributed by atoms with van der Waals surface area (Å²) in [6.07, 6.45) is 3.10. The number of benzene rings is 1. The number of ether oxygens (including phenoxy) is 1. The zero-order valence-electron chi connectivity index (χ0n) is 14.6. The molecule has 0 fully saturated rings. The number of pyridine rings is 1. The van der Waals surface area contributed by atoms with Crippen molar-refractivity contribution in [2.24, 2.45) is 5.73 Å². The summed E-state index contributed by atoms with van der Waals surface area (Å²) in [6.45, 7) is 5.04. The molecule has 4 heteroatoms. The van der Waals surface area contributed by atoms with Crippen molar-refractivity contribution in [1.29, 1.82) is 0 Å². The number of hydrogen-bond donors (Lipinski definition) is 2. The fourth-order valence-corrected chi connectivity index (χ4v) is 3.27. The maximum absolute atomic E-state index is 5.69. The van der Waals surface area contributed by atoms with Gasteiger partial charge in [-0.25, -0.2) is 4.98 Å². The number of aromatic amines is 1. The molecule has 0 atom stereocenters. The van der Waals surface area contributed by atoms with Gasteiger partial charge in [0.25, 0.3) is 0 Å². The second-order valence-electron chi connectivity index (χ2n) is 6.24. The van der Waals surface area contributed by atoms with E-state index in [9.17, 15) is 0 Å². The molecule has 0 spiro atoms. The highest BCUT2D eigenvalue weighted by Gasteiger charge is 2.17. The molecule has 24 heavy (non-hydrogen) atoms. The molecule has 0 bridgehead atoms. The first-order valence-corrected chi connectivity index (χ1v) is 8.48. The van der Waals surface area contributed by atoms with Crippen molar-refractivity contribution >= 4 is 10.9 Å². The molecule has 126 valence electrons. The third-order valence-electron chi connectivity index (χ3n) is 4.55. The molecular weight excluding hydrogens is 298 g/mol. The summed E-state index contributed by atoms with van der Waals surface area (Å²) in [5.41, 5.74) is 12.8. The molecule has 3 aromatic rings. The Labute approximate surface area is 143 Å². The van der Waals surface area contributed by atoms with Crippen LogP contribution in [0, 0.1) is 13.8 Å². The zero-order chi connectivity index (χ0) is 17.1. The molecule has 0 unspecified atom stereocenters. The molecule has 0 amide bonds. The molecule has 0 aliphatic rings. The van der Waals surface area contributed by atoms with E-state index in [0.717, 1.165) is 37.2 Å². The number of methoxy groups -OCH3 is 1. The molecular formula is C20H25N3O. The monoisotopic (exact) mass is 323 g/mol. The van der Waals surface area contributed by atoms with Crippen LogP contribution in [0.25, 0.3) is 22.3 Å². The minimum Gasteiger partial charge on any atom is -0.481 e. The SMILES string of the molecule is COc1cccc(-c2[nH]c3c(C)ccc(C)c3c2CCCCN)n1.